The van der Waals surface area contributed by atoms with E-state index in [4.69, 9.17) is 5.11 Å². The van der Waals surface area contributed by atoms with Gasteiger partial charge in [0.05, 0.1) is 10.6 Å². The predicted octanol–water partition coefficient (Wildman–Crippen LogP) is 2.97. The van der Waals surface area contributed by atoms with Crippen LogP contribution in [-0.4, -0.2) is 66.8 Å². The molecule has 1 N–H and O–H groups in total. The average Bonchev–Trinajstić information content (AvgIpc) is 2.67. The first-order valence-corrected chi connectivity index (χ1v) is 11.5. The minimum Gasteiger partial charge on any atom is -0.465 e. The Hall–Kier alpha value is -2.45. The van der Waals surface area contributed by atoms with Gasteiger partial charge < -0.3 is 10.0 Å². The first-order chi connectivity index (χ1) is 13.6. The molecule has 0 saturated carbocycles. The zero-order chi connectivity index (χ0) is 21.2. The molecule has 156 valence electrons. The van der Waals surface area contributed by atoms with E-state index in [2.05, 4.69) is 23.9 Å². The summed E-state index contributed by atoms with van der Waals surface area (Å²) in [6.45, 7) is 3.96. The molecule has 1 aromatic heterocycles. The monoisotopic (exact) mass is 417 g/mol. The summed E-state index contributed by atoms with van der Waals surface area (Å²) in [6.07, 6.45) is 3.01. The van der Waals surface area contributed by atoms with Crippen molar-refractivity contribution in [1.29, 1.82) is 0 Å². The number of carbonyl (C=O) groups is 1. The second-order valence-corrected chi connectivity index (χ2v) is 9.84. The summed E-state index contributed by atoms with van der Waals surface area (Å²) < 4.78 is 23.2. The Labute approximate surface area is 171 Å². The predicted molar refractivity (Wildman–Crippen MR) is 111 cm³/mol. The molecule has 29 heavy (non-hydrogen) atoms. The van der Waals surface area contributed by atoms with Crippen LogP contribution >= 0.6 is 0 Å². The molecule has 2 heterocycles. The van der Waals surface area contributed by atoms with Crippen molar-refractivity contribution in [3.05, 3.63) is 48.2 Å². The number of piperidine rings is 1. The Morgan fingerprint density at radius 2 is 1.93 bits per heavy atom. The molecule has 1 aliphatic rings. The maximum Gasteiger partial charge on any atom is 0.407 e. The third-order valence-corrected chi connectivity index (χ3v) is 6.66. The minimum atomic E-state index is -3.21. The van der Waals surface area contributed by atoms with Crippen molar-refractivity contribution in [1.82, 2.24) is 14.8 Å². The number of carboxylic acid groups (broad SMARTS) is 1. The second kappa shape index (κ2) is 8.51. The van der Waals surface area contributed by atoms with Gasteiger partial charge in [0.1, 0.15) is 0 Å². The summed E-state index contributed by atoms with van der Waals surface area (Å²) >= 11 is 0. The van der Waals surface area contributed by atoms with Gasteiger partial charge in [-0.1, -0.05) is 25.1 Å². The third-order valence-electron chi connectivity index (χ3n) is 5.53. The second-order valence-electron chi connectivity index (χ2n) is 7.83. The highest BCUT2D eigenvalue weighted by atomic mass is 32.2. The molecule has 0 spiro atoms. The Morgan fingerprint density at radius 3 is 2.45 bits per heavy atom. The maximum absolute atomic E-state index is 11.6. The Bertz CT molecular complexity index is 958. The summed E-state index contributed by atoms with van der Waals surface area (Å²) in [6, 6.07) is 11.0. The zero-order valence-corrected chi connectivity index (χ0v) is 17.8. The van der Waals surface area contributed by atoms with Crippen LogP contribution in [0.5, 0.6) is 0 Å². The van der Waals surface area contributed by atoms with Crippen LogP contribution < -0.4 is 0 Å². The summed E-state index contributed by atoms with van der Waals surface area (Å²) in [5.41, 5.74) is 2.74. The highest BCUT2D eigenvalue weighted by Gasteiger charge is 2.30. The van der Waals surface area contributed by atoms with Crippen molar-refractivity contribution in [3.8, 4) is 11.3 Å². The lowest BCUT2D eigenvalue weighted by molar-refractivity contribution is 0.0703. The highest BCUT2D eigenvalue weighted by Crippen LogP contribution is 2.24. The first-order valence-electron chi connectivity index (χ1n) is 9.58. The SMILES string of the molecule is C[C@H]1CN(C(=O)O)CC[C@H]1N(C)Cc1ccc(-c2ccc(S(C)(=O)=O)cc2)nc1. The minimum absolute atomic E-state index is 0.269. The molecule has 1 saturated heterocycles. The van der Waals surface area contributed by atoms with Gasteiger partial charge in [0.15, 0.2) is 9.84 Å². The van der Waals surface area contributed by atoms with Crippen LogP contribution in [0.15, 0.2) is 47.5 Å². The number of hydrogen-bond acceptors (Lipinski definition) is 5. The molecule has 0 radical (unpaired) electrons. The molecule has 1 aromatic carbocycles. The fourth-order valence-corrected chi connectivity index (χ4v) is 4.56. The molecule has 1 amide bonds. The van der Waals surface area contributed by atoms with Gasteiger partial charge in [-0.25, -0.2) is 13.2 Å². The van der Waals surface area contributed by atoms with E-state index in [1.54, 1.807) is 24.3 Å². The zero-order valence-electron chi connectivity index (χ0n) is 16.9. The summed E-state index contributed by atoms with van der Waals surface area (Å²) in [5, 5.41) is 9.17. The van der Waals surface area contributed by atoms with Crippen molar-refractivity contribution >= 4 is 15.9 Å². The first kappa shape index (κ1) is 21.3. The largest absolute Gasteiger partial charge is 0.465 e. The number of amides is 1. The molecule has 0 aliphatic carbocycles. The van der Waals surface area contributed by atoms with Crippen LogP contribution in [0.1, 0.15) is 18.9 Å². The standard InChI is InChI=1S/C21H27N3O4S/c1-15-13-24(21(25)26)11-10-20(15)23(2)14-16-4-9-19(22-12-16)17-5-7-18(8-6-17)29(3,27)28/h4-9,12,15,20H,10-11,13-14H2,1-3H3,(H,25,26)/t15-,20+/m0/s1. The van der Waals surface area contributed by atoms with E-state index in [0.29, 0.717) is 24.0 Å². The van der Waals surface area contributed by atoms with Gasteiger partial charge >= 0.3 is 6.09 Å². The normalized spacial score (nSPS) is 20.1. The third kappa shape index (κ3) is 5.13. The van der Waals surface area contributed by atoms with Crippen molar-refractivity contribution in [2.45, 2.75) is 30.8 Å². The molecular weight excluding hydrogens is 390 g/mol. The van der Waals surface area contributed by atoms with E-state index in [0.717, 1.165) is 29.8 Å². The Kier molecular flexibility index (Phi) is 6.24. The average molecular weight is 418 g/mol. The van der Waals surface area contributed by atoms with E-state index in [1.807, 2.05) is 18.3 Å². The molecule has 2 aromatic rings. The van der Waals surface area contributed by atoms with Gasteiger partial charge in [-0.3, -0.25) is 9.88 Å². The lowest BCUT2D eigenvalue weighted by Gasteiger charge is -2.40. The number of pyridine rings is 1. The lowest BCUT2D eigenvalue weighted by Crippen LogP contribution is -2.50. The van der Waals surface area contributed by atoms with Crippen molar-refractivity contribution < 1.29 is 18.3 Å². The Morgan fingerprint density at radius 1 is 1.24 bits per heavy atom. The van der Waals surface area contributed by atoms with Crippen LogP contribution in [0.25, 0.3) is 11.3 Å². The van der Waals surface area contributed by atoms with Crippen LogP contribution in [0.3, 0.4) is 0 Å². The molecule has 3 rings (SSSR count). The fraction of sp³-hybridized carbons (Fsp3) is 0.429. The van der Waals surface area contributed by atoms with E-state index in [-0.39, 0.29) is 5.92 Å². The van der Waals surface area contributed by atoms with Gasteiger partial charge in [-0.05, 0) is 43.1 Å². The Balaban J connectivity index is 1.64. The maximum atomic E-state index is 11.6. The molecule has 7 nitrogen and oxygen atoms in total. The van der Waals surface area contributed by atoms with Gasteiger partial charge in [0.2, 0.25) is 0 Å². The van der Waals surface area contributed by atoms with Crippen LogP contribution in [0, 0.1) is 5.92 Å². The van der Waals surface area contributed by atoms with E-state index < -0.39 is 15.9 Å². The molecule has 8 heteroatoms. The number of aromatic nitrogens is 1. The fourth-order valence-electron chi connectivity index (χ4n) is 3.93. The van der Waals surface area contributed by atoms with Gasteiger partial charge in [-0.15, -0.1) is 0 Å². The van der Waals surface area contributed by atoms with Crippen LogP contribution in [0.2, 0.25) is 0 Å². The molecule has 1 fully saturated rings. The number of rotatable bonds is 5. The van der Waals surface area contributed by atoms with Crippen molar-refractivity contribution in [2.24, 2.45) is 5.92 Å². The number of sulfone groups is 1. The van der Waals surface area contributed by atoms with E-state index >= 15 is 0 Å². The van der Waals surface area contributed by atoms with E-state index in [9.17, 15) is 13.2 Å². The van der Waals surface area contributed by atoms with Crippen LogP contribution in [-0.2, 0) is 16.4 Å². The lowest BCUT2D eigenvalue weighted by atomic mass is 9.92. The molecule has 2 atom stereocenters. The van der Waals surface area contributed by atoms with Crippen LogP contribution in [0.4, 0.5) is 4.79 Å². The number of hydrogen-bond donors (Lipinski definition) is 1. The molecule has 0 bridgehead atoms. The number of nitrogens with zero attached hydrogens (tertiary/aromatic N) is 3. The van der Waals surface area contributed by atoms with Gasteiger partial charge in [-0.2, -0.15) is 0 Å². The summed E-state index contributed by atoms with van der Waals surface area (Å²) in [5.74, 6) is 0.269. The smallest absolute Gasteiger partial charge is 0.407 e. The van der Waals surface area contributed by atoms with Crippen molar-refractivity contribution in [3.63, 3.8) is 0 Å². The number of benzene rings is 1. The summed E-state index contributed by atoms with van der Waals surface area (Å²) in [7, 11) is -1.14. The van der Waals surface area contributed by atoms with Gasteiger partial charge in [0.25, 0.3) is 0 Å². The molecule has 1 aliphatic heterocycles. The van der Waals surface area contributed by atoms with E-state index in [1.165, 1.54) is 11.2 Å². The molecule has 0 unspecified atom stereocenters. The van der Waals surface area contributed by atoms with Crippen molar-refractivity contribution in [2.75, 3.05) is 26.4 Å². The number of likely N-dealkylation sites (tertiary alicyclic amines) is 1. The van der Waals surface area contributed by atoms with Gasteiger partial charge in [0, 0.05) is 43.7 Å². The summed E-state index contributed by atoms with van der Waals surface area (Å²) in [4.78, 5) is 19.7. The quantitative estimate of drug-likeness (QED) is 0.804. The highest BCUT2D eigenvalue weighted by molar-refractivity contribution is 7.90. The molecular formula is C21H27N3O4S. The topological polar surface area (TPSA) is 90.8 Å².